The molecule has 2 N–H and O–H groups in total. The summed E-state index contributed by atoms with van der Waals surface area (Å²) >= 11 is 5.84. The molecule has 0 aliphatic carbocycles. The molecule has 0 radical (unpaired) electrons. The van der Waals surface area contributed by atoms with Crippen molar-refractivity contribution in [2.75, 3.05) is 31.6 Å². The summed E-state index contributed by atoms with van der Waals surface area (Å²) in [6.07, 6.45) is -0.644. The number of nitrogens with zero attached hydrogens (tertiary/aromatic N) is 1. The van der Waals surface area contributed by atoms with Crippen LogP contribution in [-0.2, 0) is 4.74 Å². The van der Waals surface area contributed by atoms with E-state index in [0.29, 0.717) is 30.4 Å². The predicted octanol–water partition coefficient (Wildman–Crippen LogP) is 3.36. The molecular weight excluding hydrogens is 344 g/mol. The van der Waals surface area contributed by atoms with E-state index >= 15 is 0 Å². The van der Waals surface area contributed by atoms with E-state index in [0.717, 1.165) is 5.69 Å². The number of cyclic esters (lactones) is 1. The molecule has 3 rings (SSSR count). The van der Waals surface area contributed by atoms with Crippen LogP contribution < -0.4 is 10.1 Å². The van der Waals surface area contributed by atoms with Gasteiger partial charge in [0, 0.05) is 23.8 Å². The van der Waals surface area contributed by atoms with Gasteiger partial charge in [0.2, 0.25) is 0 Å². The van der Waals surface area contributed by atoms with Crippen molar-refractivity contribution in [3.63, 3.8) is 0 Å². The van der Waals surface area contributed by atoms with Gasteiger partial charge in [-0.15, -0.1) is 0 Å². The molecule has 1 aliphatic rings. The molecule has 2 aromatic rings. The zero-order valence-corrected chi connectivity index (χ0v) is 14.3. The van der Waals surface area contributed by atoms with Gasteiger partial charge < -0.3 is 24.8 Å². The molecule has 1 heterocycles. The molecule has 25 heavy (non-hydrogen) atoms. The summed E-state index contributed by atoms with van der Waals surface area (Å²) in [5.41, 5.74) is 0.948. The molecule has 0 saturated carbocycles. The number of ether oxygens (including phenoxy) is 2. The van der Waals surface area contributed by atoms with Crippen LogP contribution in [-0.4, -0.2) is 48.4 Å². The molecule has 1 saturated heterocycles. The fraction of sp³-hybridized carbons (Fsp3) is 0.278. The minimum atomic E-state index is -0.336. The summed E-state index contributed by atoms with van der Waals surface area (Å²) in [4.78, 5) is 13.5. The maximum absolute atomic E-state index is 11.9. The highest BCUT2D eigenvalue weighted by Crippen LogP contribution is 2.18. The van der Waals surface area contributed by atoms with Gasteiger partial charge in [-0.1, -0.05) is 11.6 Å². The zero-order valence-electron chi connectivity index (χ0n) is 13.5. The summed E-state index contributed by atoms with van der Waals surface area (Å²) in [6.45, 7) is 1.91. The van der Waals surface area contributed by atoms with Crippen LogP contribution in [0.1, 0.15) is 0 Å². The average Bonchev–Trinajstić information content (AvgIpc) is 2.96. The molecule has 0 unspecified atom stereocenters. The number of nitrogens with one attached hydrogen (secondary N) is 1. The summed E-state index contributed by atoms with van der Waals surface area (Å²) < 4.78 is 10.9. The minimum absolute atomic E-state index is 0.180. The van der Waals surface area contributed by atoms with Gasteiger partial charge in [0.1, 0.15) is 18.1 Å². The number of phenolic OH excluding ortho intramolecular Hbond substituents is 1. The number of hydrogen-bond donors (Lipinski definition) is 2. The van der Waals surface area contributed by atoms with Crippen molar-refractivity contribution in [1.29, 1.82) is 0 Å². The number of halogens is 1. The second-order valence-corrected chi connectivity index (χ2v) is 6.13. The Morgan fingerprint density at radius 3 is 2.64 bits per heavy atom. The Morgan fingerprint density at radius 1 is 1.20 bits per heavy atom. The Balaban J connectivity index is 1.41. The van der Waals surface area contributed by atoms with E-state index in [1.165, 1.54) is 0 Å². The number of anilines is 1. The van der Waals surface area contributed by atoms with Gasteiger partial charge in [-0.2, -0.15) is 0 Å². The number of aromatic hydroxyl groups is 1. The largest absolute Gasteiger partial charge is 0.508 e. The van der Waals surface area contributed by atoms with Crippen molar-refractivity contribution in [2.24, 2.45) is 0 Å². The monoisotopic (exact) mass is 362 g/mol. The third-order valence-electron chi connectivity index (χ3n) is 3.78. The Hall–Kier alpha value is -2.60. The van der Waals surface area contributed by atoms with Gasteiger partial charge in [-0.25, -0.2) is 4.79 Å². The van der Waals surface area contributed by atoms with Gasteiger partial charge in [0.15, 0.2) is 6.10 Å². The average molecular weight is 363 g/mol. The molecule has 132 valence electrons. The van der Waals surface area contributed by atoms with E-state index in [2.05, 4.69) is 5.32 Å². The van der Waals surface area contributed by atoms with Gasteiger partial charge in [0.25, 0.3) is 0 Å². The summed E-state index contributed by atoms with van der Waals surface area (Å²) in [7, 11) is 0. The molecule has 7 heteroatoms. The molecule has 0 aromatic heterocycles. The maximum atomic E-state index is 11.9. The van der Waals surface area contributed by atoms with Crippen LogP contribution in [0.2, 0.25) is 5.02 Å². The van der Waals surface area contributed by atoms with Crippen molar-refractivity contribution in [3.8, 4) is 11.5 Å². The summed E-state index contributed by atoms with van der Waals surface area (Å²) in [5, 5.41) is 13.2. The highest BCUT2D eigenvalue weighted by atomic mass is 35.5. The highest BCUT2D eigenvalue weighted by molar-refractivity contribution is 6.30. The zero-order chi connectivity index (χ0) is 17.6. The lowest BCUT2D eigenvalue weighted by Gasteiger charge is -2.14. The van der Waals surface area contributed by atoms with Crippen molar-refractivity contribution in [2.45, 2.75) is 6.10 Å². The lowest BCUT2D eigenvalue weighted by atomic mass is 10.3. The predicted molar refractivity (Wildman–Crippen MR) is 95.4 cm³/mol. The molecule has 0 spiro atoms. The van der Waals surface area contributed by atoms with E-state index in [9.17, 15) is 9.90 Å². The van der Waals surface area contributed by atoms with Crippen LogP contribution in [0.25, 0.3) is 0 Å². The number of rotatable bonds is 7. The van der Waals surface area contributed by atoms with Crippen LogP contribution >= 0.6 is 11.6 Å². The van der Waals surface area contributed by atoms with Gasteiger partial charge in [-0.05, 0) is 48.5 Å². The summed E-state index contributed by atoms with van der Waals surface area (Å²) in [5.74, 6) is 0.802. The van der Waals surface area contributed by atoms with Crippen LogP contribution in [0, 0.1) is 0 Å². The molecule has 1 aliphatic heterocycles. The van der Waals surface area contributed by atoms with Crippen molar-refractivity contribution >= 4 is 23.4 Å². The topological polar surface area (TPSA) is 71.0 Å². The van der Waals surface area contributed by atoms with Gasteiger partial charge in [-0.3, -0.25) is 0 Å². The molecule has 6 nitrogen and oxygen atoms in total. The first-order valence-electron chi connectivity index (χ1n) is 7.97. The fourth-order valence-corrected chi connectivity index (χ4v) is 2.60. The minimum Gasteiger partial charge on any atom is -0.508 e. The van der Waals surface area contributed by atoms with Crippen molar-refractivity contribution in [3.05, 3.63) is 53.6 Å². The molecule has 2 aromatic carbocycles. The number of benzene rings is 2. The first-order chi connectivity index (χ1) is 12.1. The Bertz CT molecular complexity index is 706. The number of carbonyl (C=O) groups excluding carboxylic acids is 1. The lowest BCUT2D eigenvalue weighted by molar-refractivity contribution is 0.103. The number of hydrogen-bond acceptors (Lipinski definition) is 5. The van der Waals surface area contributed by atoms with Crippen molar-refractivity contribution < 1.29 is 19.4 Å². The molecule has 1 amide bonds. The normalized spacial score (nSPS) is 16.6. The van der Waals surface area contributed by atoms with Crippen LogP contribution in [0.5, 0.6) is 11.5 Å². The number of carbonyl (C=O) groups is 1. The standard InChI is InChI=1S/C18H19ClN2O4/c19-13-1-3-14(4-2-13)20-9-10-21-11-17(25-18(21)23)12-24-16-7-5-15(22)6-8-16/h1-8,17,20,22H,9-12H2/t17-/m0/s1. The Morgan fingerprint density at radius 2 is 1.92 bits per heavy atom. The first kappa shape index (κ1) is 17.2. The van der Waals surface area contributed by atoms with E-state index in [4.69, 9.17) is 21.1 Å². The SMILES string of the molecule is O=C1O[C@H](COc2ccc(O)cc2)CN1CCNc1ccc(Cl)cc1. The second kappa shape index (κ2) is 7.98. The third kappa shape index (κ3) is 4.93. The van der Waals surface area contributed by atoms with Crippen LogP contribution in [0.3, 0.4) is 0 Å². The second-order valence-electron chi connectivity index (χ2n) is 5.69. The maximum Gasteiger partial charge on any atom is 0.410 e. The Kier molecular flexibility index (Phi) is 5.50. The van der Waals surface area contributed by atoms with Crippen LogP contribution in [0.15, 0.2) is 48.5 Å². The quantitative estimate of drug-likeness (QED) is 0.790. The fourth-order valence-electron chi connectivity index (χ4n) is 2.48. The summed E-state index contributed by atoms with van der Waals surface area (Å²) in [6, 6.07) is 13.8. The Labute approximate surface area is 150 Å². The number of amides is 1. The van der Waals surface area contributed by atoms with E-state index in [1.54, 1.807) is 29.2 Å². The molecule has 0 bridgehead atoms. The van der Waals surface area contributed by atoms with E-state index in [1.807, 2.05) is 24.3 Å². The number of phenols is 1. The van der Waals surface area contributed by atoms with Crippen molar-refractivity contribution in [1.82, 2.24) is 4.90 Å². The smallest absolute Gasteiger partial charge is 0.410 e. The molecule has 1 fully saturated rings. The lowest BCUT2D eigenvalue weighted by Crippen LogP contribution is -2.31. The van der Waals surface area contributed by atoms with E-state index < -0.39 is 0 Å². The van der Waals surface area contributed by atoms with Gasteiger partial charge >= 0.3 is 6.09 Å². The van der Waals surface area contributed by atoms with Gasteiger partial charge in [0.05, 0.1) is 6.54 Å². The van der Waals surface area contributed by atoms with Crippen LogP contribution in [0.4, 0.5) is 10.5 Å². The van der Waals surface area contributed by atoms with E-state index in [-0.39, 0.29) is 24.6 Å². The molecule has 1 atom stereocenters. The third-order valence-corrected chi connectivity index (χ3v) is 4.03. The molecular formula is C18H19ClN2O4. The first-order valence-corrected chi connectivity index (χ1v) is 8.35. The highest BCUT2D eigenvalue weighted by Gasteiger charge is 2.31.